The number of aromatic hydroxyl groups is 1. The van der Waals surface area contributed by atoms with Gasteiger partial charge in [-0.05, 0) is 31.9 Å². The molecule has 0 atom stereocenters. The van der Waals surface area contributed by atoms with Gasteiger partial charge in [-0.1, -0.05) is 39.0 Å². The lowest BCUT2D eigenvalue weighted by Gasteiger charge is -2.25. The van der Waals surface area contributed by atoms with Crippen molar-refractivity contribution in [1.82, 2.24) is 4.90 Å². The molecule has 0 spiro atoms. The summed E-state index contributed by atoms with van der Waals surface area (Å²) in [4.78, 5) is 2.22. The van der Waals surface area contributed by atoms with E-state index in [1.54, 1.807) is 0 Å². The molecule has 0 saturated carbocycles. The van der Waals surface area contributed by atoms with Crippen LogP contribution in [0.3, 0.4) is 0 Å². The maximum Gasteiger partial charge on any atom is 0.123 e. The Morgan fingerprint density at radius 3 is 2.29 bits per heavy atom. The quantitative estimate of drug-likeness (QED) is 0.866. The second-order valence-corrected chi connectivity index (χ2v) is 6.07. The Labute approximate surface area is 105 Å². The van der Waals surface area contributed by atoms with E-state index in [9.17, 15) is 5.11 Å². The number of rotatable bonds is 3. The number of hydrogen-bond donors (Lipinski definition) is 1. The van der Waals surface area contributed by atoms with Gasteiger partial charge in [-0.15, -0.1) is 0 Å². The molecule has 0 radical (unpaired) electrons. The third kappa shape index (κ3) is 3.47. The summed E-state index contributed by atoms with van der Waals surface area (Å²) < 4.78 is 0. The average molecular weight is 235 g/mol. The summed E-state index contributed by atoms with van der Waals surface area (Å²) >= 11 is 0. The first-order valence-corrected chi connectivity index (χ1v) is 6.25. The predicted molar refractivity (Wildman–Crippen MR) is 73.4 cm³/mol. The van der Waals surface area contributed by atoms with E-state index in [-0.39, 0.29) is 5.41 Å². The summed E-state index contributed by atoms with van der Waals surface area (Å²) in [5.74, 6) is 0.451. The fourth-order valence-electron chi connectivity index (χ4n) is 1.78. The molecule has 0 aliphatic heterocycles. The Morgan fingerprint density at radius 2 is 1.82 bits per heavy atom. The van der Waals surface area contributed by atoms with Crippen LogP contribution in [0.1, 0.15) is 45.7 Å². The van der Waals surface area contributed by atoms with E-state index in [2.05, 4.69) is 46.6 Å². The molecule has 1 aromatic rings. The number of phenolic OH excluding ortho intramolecular Hbond substituents is 1. The van der Waals surface area contributed by atoms with E-state index in [0.29, 0.717) is 11.8 Å². The molecule has 0 saturated heterocycles. The van der Waals surface area contributed by atoms with Gasteiger partial charge in [0.05, 0.1) is 0 Å². The highest BCUT2D eigenvalue weighted by molar-refractivity contribution is 5.43. The zero-order valence-corrected chi connectivity index (χ0v) is 11.9. The zero-order valence-electron chi connectivity index (χ0n) is 11.9. The molecule has 2 heteroatoms. The topological polar surface area (TPSA) is 23.5 Å². The van der Waals surface area contributed by atoms with Gasteiger partial charge in [0, 0.05) is 18.2 Å². The first-order valence-electron chi connectivity index (χ1n) is 6.25. The largest absolute Gasteiger partial charge is 0.507 e. The van der Waals surface area contributed by atoms with Crippen molar-refractivity contribution in [1.29, 1.82) is 0 Å². The van der Waals surface area contributed by atoms with E-state index in [4.69, 9.17) is 0 Å². The summed E-state index contributed by atoms with van der Waals surface area (Å²) in [6.07, 6.45) is 0. The molecular formula is C15H25NO. The number of para-hydroxylation sites is 1. The normalized spacial score (nSPS) is 12.5. The standard InChI is InChI=1S/C15H25NO/c1-11(2)16(6)10-12-8-7-9-13(14(12)17)15(3,4)5/h7-9,11,17H,10H2,1-6H3. The molecule has 0 fully saturated rings. The molecule has 0 aromatic heterocycles. The molecule has 17 heavy (non-hydrogen) atoms. The zero-order chi connectivity index (χ0) is 13.2. The van der Waals surface area contributed by atoms with Crippen LogP contribution in [0, 0.1) is 0 Å². The van der Waals surface area contributed by atoms with Crippen LogP contribution in [0.15, 0.2) is 18.2 Å². The molecule has 0 aliphatic carbocycles. The number of benzene rings is 1. The van der Waals surface area contributed by atoms with Crippen molar-refractivity contribution in [2.45, 2.75) is 52.6 Å². The highest BCUT2D eigenvalue weighted by atomic mass is 16.3. The lowest BCUT2D eigenvalue weighted by molar-refractivity contribution is 0.261. The lowest BCUT2D eigenvalue weighted by Crippen LogP contribution is -2.26. The summed E-state index contributed by atoms with van der Waals surface area (Å²) in [5.41, 5.74) is 2.01. The van der Waals surface area contributed by atoms with Crippen LogP contribution in [0.2, 0.25) is 0 Å². The van der Waals surface area contributed by atoms with Gasteiger partial charge in [-0.25, -0.2) is 0 Å². The third-order valence-corrected chi connectivity index (χ3v) is 3.23. The third-order valence-electron chi connectivity index (χ3n) is 3.23. The Hall–Kier alpha value is -1.02. The van der Waals surface area contributed by atoms with E-state index in [1.807, 2.05) is 18.2 Å². The van der Waals surface area contributed by atoms with E-state index in [0.717, 1.165) is 17.7 Å². The van der Waals surface area contributed by atoms with E-state index >= 15 is 0 Å². The molecule has 0 amide bonds. The molecule has 1 aromatic carbocycles. The molecule has 0 bridgehead atoms. The Kier molecular flexibility index (Phi) is 4.21. The van der Waals surface area contributed by atoms with Gasteiger partial charge in [-0.3, -0.25) is 4.90 Å². The highest BCUT2D eigenvalue weighted by Gasteiger charge is 2.20. The monoisotopic (exact) mass is 235 g/mol. The fourth-order valence-corrected chi connectivity index (χ4v) is 1.78. The highest BCUT2D eigenvalue weighted by Crippen LogP contribution is 2.33. The minimum Gasteiger partial charge on any atom is -0.507 e. The van der Waals surface area contributed by atoms with Crippen molar-refractivity contribution in [2.24, 2.45) is 0 Å². The molecular weight excluding hydrogens is 210 g/mol. The second kappa shape index (κ2) is 5.09. The first kappa shape index (κ1) is 14.0. The fraction of sp³-hybridized carbons (Fsp3) is 0.600. The van der Waals surface area contributed by atoms with Crippen LogP contribution < -0.4 is 0 Å². The molecule has 1 rings (SSSR count). The van der Waals surface area contributed by atoms with Gasteiger partial charge >= 0.3 is 0 Å². The van der Waals surface area contributed by atoms with Crippen LogP contribution in [0.5, 0.6) is 5.75 Å². The minimum absolute atomic E-state index is 0.0174. The van der Waals surface area contributed by atoms with E-state index < -0.39 is 0 Å². The van der Waals surface area contributed by atoms with E-state index in [1.165, 1.54) is 0 Å². The summed E-state index contributed by atoms with van der Waals surface area (Å²) in [6, 6.07) is 6.52. The number of hydrogen-bond acceptors (Lipinski definition) is 2. The number of nitrogens with zero attached hydrogens (tertiary/aromatic N) is 1. The maximum atomic E-state index is 10.3. The minimum atomic E-state index is -0.0174. The Balaban J connectivity index is 3.03. The first-order chi connectivity index (χ1) is 7.73. The van der Waals surface area contributed by atoms with Crippen molar-refractivity contribution in [3.8, 4) is 5.75 Å². The van der Waals surface area contributed by atoms with Crippen LogP contribution in [0.4, 0.5) is 0 Å². The van der Waals surface area contributed by atoms with Gasteiger partial charge in [0.25, 0.3) is 0 Å². The molecule has 0 heterocycles. The van der Waals surface area contributed by atoms with Gasteiger partial charge in [0.1, 0.15) is 5.75 Å². The van der Waals surface area contributed by atoms with Crippen LogP contribution in [-0.4, -0.2) is 23.1 Å². The molecule has 0 unspecified atom stereocenters. The molecule has 2 nitrogen and oxygen atoms in total. The van der Waals surface area contributed by atoms with Crippen molar-refractivity contribution in [2.75, 3.05) is 7.05 Å². The smallest absolute Gasteiger partial charge is 0.123 e. The maximum absolute atomic E-state index is 10.3. The molecule has 96 valence electrons. The molecule has 0 aliphatic rings. The average Bonchev–Trinajstić information content (AvgIpc) is 2.19. The SMILES string of the molecule is CC(C)N(C)Cc1cccc(C(C)(C)C)c1O. The molecule has 1 N–H and O–H groups in total. The summed E-state index contributed by atoms with van der Waals surface area (Å²) in [6.45, 7) is 11.5. The second-order valence-electron chi connectivity index (χ2n) is 6.07. The van der Waals surface area contributed by atoms with Crippen molar-refractivity contribution in [3.05, 3.63) is 29.3 Å². The van der Waals surface area contributed by atoms with Gasteiger partial charge in [-0.2, -0.15) is 0 Å². The Bertz CT molecular complexity index is 377. The summed E-state index contributed by atoms with van der Waals surface area (Å²) in [5, 5.41) is 10.3. The Morgan fingerprint density at radius 1 is 1.24 bits per heavy atom. The van der Waals surface area contributed by atoms with Crippen LogP contribution in [-0.2, 0) is 12.0 Å². The van der Waals surface area contributed by atoms with Gasteiger partial charge < -0.3 is 5.11 Å². The summed E-state index contributed by atoms with van der Waals surface area (Å²) in [7, 11) is 2.08. The predicted octanol–water partition coefficient (Wildman–Crippen LogP) is 3.53. The van der Waals surface area contributed by atoms with Crippen LogP contribution >= 0.6 is 0 Å². The van der Waals surface area contributed by atoms with Crippen molar-refractivity contribution >= 4 is 0 Å². The van der Waals surface area contributed by atoms with Gasteiger partial charge in [0.2, 0.25) is 0 Å². The van der Waals surface area contributed by atoms with Crippen molar-refractivity contribution < 1.29 is 5.11 Å². The number of phenols is 1. The van der Waals surface area contributed by atoms with Gasteiger partial charge in [0.15, 0.2) is 0 Å². The van der Waals surface area contributed by atoms with Crippen LogP contribution in [0.25, 0.3) is 0 Å². The lowest BCUT2D eigenvalue weighted by atomic mass is 9.85. The van der Waals surface area contributed by atoms with Crippen molar-refractivity contribution in [3.63, 3.8) is 0 Å².